The van der Waals surface area contributed by atoms with Crippen LogP contribution in [-0.2, 0) is 4.74 Å². The van der Waals surface area contributed by atoms with E-state index in [1.54, 1.807) is 4.90 Å². The first-order valence-electron chi connectivity index (χ1n) is 14.2. The second-order valence-corrected chi connectivity index (χ2v) is 14.1. The third-order valence-electron chi connectivity index (χ3n) is 9.21. The minimum absolute atomic E-state index is 0.0256. The number of hydrogen-bond donors (Lipinski definition) is 0. The molecule has 222 valence electrons. The number of halogens is 4. The second-order valence-electron chi connectivity index (χ2n) is 12.9. The van der Waals surface area contributed by atoms with Crippen LogP contribution in [0.25, 0.3) is 10.9 Å². The fraction of sp³-hybridized carbons (Fsp3) is 0.679. The minimum Gasteiger partial charge on any atom is -0.489 e. The van der Waals surface area contributed by atoms with E-state index in [2.05, 4.69) is 30.7 Å². The fourth-order valence-corrected chi connectivity index (χ4v) is 8.09. The summed E-state index contributed by atoms with van der Waals surface area (Å²) in [7, 11) is 0. The monoisotopic (exact) mass is 655 g/mol. The Morgan fingerprint density at radius 3 is 2.85 bits per heavy atom. The number of anilines is 1. The first kappa shape index (κ1) is 27.6. The Morgan fingerprint density at radius 1 is 1.27 bits per heavy atom. The average Bonchev–Trinajstić information content (AvgIpc) is 3.63. The number of alkyl halides is 1. The molecule has 3 unspecified atom stereocenters. The number of carbonyl (C=O) groups excluding carboxylic acids is 1. The third kappa shape index (κ3) is 4.42. The van der Waals surface area contributed by atoms with Gasteiger partial charge >= 0.3 is 12.1 Å². The summed E-state index contributed by atoms with van der Waals surface area (Å²) in [6.45, 7) is 8.33. The summed E-state index contributed by atoms with van der Waals surface area (Å²) in [6, 6.07) is -0.107. The number of aromatic nitrogens is 2. The maximum Gasteiger partial charge on any atom is 0.410 e. The normalized spacial score (nSPS) is 30.7. The molecule has 2 bridgehead atoms. The molecule has 8 rings (SSSR count). The largest absolute Gasteiger partial charge is 0.489 e. The molecule has 9 nitrogen and oxygen atoms in total. The Bertz CT molecular complexity index is 1430. The summed E-state index contributed by atoms with van der Waals surface area (Å²) in [4.78, 5) is 28.4. The lowest BCUT2D eigenvalue weighted by Gasteiger charge is -2.44. The molecule has 1 amide bonds. The van der Waals surface area contributed by atoms with Gasteiger partial charge in [0.2, 0.25) is 0 Å². The van der Waals surface area contributed by atoms with E-state index in [1.165, 1.54) is 0 Å². The highest BCUT2D eigenvalue weighted by Gasteiger charge is 2.58. The van der Waals surface area contributed by atoms with Crippen LogP contribution in [0.2, 0.25) is 5.02 Å². The van der Waals surface area contributed by atoms with Crippen LogP contribution >= 0.6 is 27.5 Å². The number of rotatable bonds is 4. The molecule has 0 radical (unpaired) electrons. The molecule has 1 aliphatic carbocycles. The number of amides is 1. The van der Waals surface area contributed by atoms with Crippen molar-refractivity contribution in [3.63, 3.8) is 0 Å². The summed E-state index contributed by atoms with van der Waals surface area (Å²) in [5, 5.41) is 0.490. The first-order valence-corrected chi connectivity index (χ1v) is 15.4. The summed E-state index contributed by atoms with van der Waals surface area (Å²) in [6.07, 6.45) is 1.83. The molecule has 2 aromatic rings. The molecule has 5 atom stereocenters. The molecular weight excluding hydrogens is 624 g/mol. The van der Waals surface area contributed by atoms with Crippen LogP contribution in [0.15, 0.2) is 4.47 Å². The fourth-order valence-electron chi connectivity index (χ4n) is 7.49. The van der Waals surface area contributed by atoms with Crippen molar-refractivity contribution in [2.45, 2.75) is 75.8 Å². The third-order valence-corrected chi connectivity index (χ3v) is 10.5. The molecular formula is C28H33BrClF2N5O4. The van der Waals surface area contributed by atoms with Crippen molar-refractivity contribution in [3.8, 4) is 11.8 Å². The summed E-state index contributed by atoms with van der Waals surface area (Å²) >= 11 is 9.82. The molecule has 6 heterocycles. The average molecular weight is 657 g/mol. The van der Waals surface area contributed by atoms with Gasteiger partial charge in [-0.2, -0.15) is 9.97 Å². The SMILES string of the molecule is CC(C)(C)OC(=O)N1CC2CC1C2N1CCOc2c(Cl)c(Br)c(F)c3nc(OC[C@@]45CCCN4C[C@H](F)C5)nc1c23. The summed E-state index contributed by atoms with van der Waals surface area (Å²) < 4.78 is 48.1. The Morgan fingerprint density at radius 2 is 2.07 bits per heavy atom. The maximum absolute atomic E-state index is 15.7. The van der Waals surface area contributed by atoms with E-state index in [-0.39, 0.29) is 58.3 Å². The highest BCUT2D eigenvalue weighted by Crippen LogP contribution is 2.51. The zero-order valence-corrected chi connectivity index (χ0v) is 25.6. The molecule has 1 saturated carbocycles. The molecule has 4 saturated heterocycles. The van der Waals surface area contributed by atoms with Gasteiger partial charge in [-0.15, -0.1) is 0 Å². The number of hydrogen-bond acceptors (Lipinski definition) is 8. The van der Waals surface area contributed by atoms with Crippen LogP contribution in [0.5, 0.6) is 11.8 Å². The van der Waals surface area contributed by atoms with Gasteiger partial charge in [-0.25, -0.2) is 13.6 Å². The Labute approximate surface area is 250 Å². The zero-order chi connectivity index (χ0) is 28.8. The molecule has 0 N–H and O–H groups in total. The number of fused-ring (bicyclic) bond motifs is 2. The van der Waals surface area contributed by atoms with Crippen molar-refractivity contribution < 1.29 is 27.8 Å². The van der Waals surface area contributed by atoms with Crippen LogP contribution in [0, 0.1) is 11.7 Å². The van der Waals surface area contributed by atoms with E-state index in [1.807, 2.05) is 20.8 Å². The quantitative estimate of drug-likeness (QED) is 0.408. The Balaban J connectivity index is 1.26. The van der Waals surface area contributed by atoms with Crippen LogP contribution in [0.1, 0.15) is 46.5 Å². The maximum atomic E-state index is 15.7. The molecule has 5 aliphatic heterocycles. The summed E-state index contributed by atoms with van der Waals surface area (Å²) in [5.74, 6) is 0.341. The molecule has 5 fully saturated rings. The van der Waals surface area contributed by atoms with Gasteiger partial charge < -0.3 is 24.0 Å². The van der Waals surface area contributed by atoms with Gasteiger partial charge in [-0.05, 0) is 62.5 Å². The second kappa shape index (κ2) is 9.67. The zero-order valence-electron chi connectivity index (χ0n) is 23.3. The van der Waals surface area contributed by atoms with E-state index in [9.17, 15) is 9.18 Å². The Kier molecular flexibility index (Phi) is 6.52. The van der Waals surface area contributed by atoms with Gasteiger partial charge in [0.15, 0.2) is 11.6 Å². The first-order chi connectivity index (χ1) is 19.5. The van der Waals surface area contributed by atoms with Gasteiger partial charge in [-0.3, -0.25) is 4.90 Å². The highest BCUT2D eigenvalue weighted by molar-refractivity contribution is 9.10. The topological polar surface area (TPSA) is 80.3 Å². The minimum atomic E-state index is -0.895. The molecule has 13 heteroatoms. The van der Waals surface area contributed by atoms with Crippen molar-refractivity contribution in [3.05, 3.63) is 15.3 Å². The van der Waals surface area contributed by atoms with Crippen molar-refractivity contribution in [2.24, 2.45) is 5.92 Å². The number of nitrogens with zero attached hydrogens (tertiary/aromatic N) is 5. The van der Waals surface area contributed by atoms with Gasteiger partial charge in [0.1, 0.15) is 41.3 Å². The van der Waals surface area contributed by atoms with E-state index < -0.39 is 23.1 Å². The van der Waals surface area contributed by atoms with Gasteiger partial charge in [0, 0.05) is 25.4 Å². The Hall–Kier alpha value is -2.18. The smallest absolute Gasteiger partial charge is 0.410 e. The van der Waals surface area contributed by atoms with Gasteiger partial charge in [0.25, 0.3) is 0 Å². The van der Waals surface area contributed by atoms with Crippen molar-refractivity contribution in [1.29, 1.82) is 0 Å². The standard InChI is InChI=1S/C28H33BrClF2N5O4/c1-27(2,3)41-26(38)37-11-14-9-16(37)22(14)36-7-8-39-23-17-21(20(32)18(29)19(23)30)33-25(34-24(17)36)40-13-28-5-4-6-35(28)12-15(31)10-28/h14-16,22H,4-13H2,1-3H3/t14?,15-,16?,22?,28+/m1/s1. The van der Waals surface area contributed by atoms with Crippen LogP contribution in [0.4, 0.5) is 19.4 Å². The lowest BCUT2D eigenvalue weighted by Crippen LogP contribution is -2.57. The lowest BCUT2D eigenvalue weighted by molar-refractivity contribution is 0.0232. The number of ether oxygens (including phenoxy) is 3. The predicted octanol–water partition coefficient (Wildman–Crippen LogP) is 5.35. The highest BCUT2D eigenvalue weighted by atomic mass is 79.9. The van der Waals surface area contributed by atoms with E-state index in [0.29, 0.717) is 43.0 Å². The van der Waals surface area contributed by atoms with Crippen LogP contribution < -0.4 is 14.4 Å². The van der Waals surface area contributed by atoms with Crippen LogP contribution in [-0.4, -0.2) is 94.6 Å². The lowest BCUT2D eigenvalue weighted by atomic mass is 9.78. The van der Waals surface area contributed by atoms with Crippen molar-refractivity contribution in [1.82, 2.24) is 19.8 Å². The molecule has 0 spiro atoms. The van der Waals surface area contributed by atoms with Crippen LogP contribution in [0.3, 0.4) is 0 Å². The molecule has 6 aliphatic rings. The number of benzene rings is 1. The molecule has 41 heavy (non-hydrogen) atoms. The molecule has 1 aromatic heterocycles. The van der Waals surface area contributed by atoms with Crippen molar-refractivity contribution in [2.75, 3.05) is 44.3 Å². The van der Waals surface area contributed by atoms with Gasteiger partial charge in [-0.1, -0.05) is 11.6 Å². The molecule has 1 aromatic carbocycles. The van der Waals surface area contributed by atoms with E-state index in [4.69, 9.17) is 30.8 Å². The van der Waals surface area contributed by atoms with E-state index >= 15 is 4.39 Å². The van der Waals surface area contributed by atoms with Crippen molar-refractivity contribution >= 4 is 50.3 Å². The predicted molar refractivity (Wildman–Crippen MR) is 152 cm³/mol. The van der Waals surface area contributed by atoms with E-state index in [0.717, 1.165) is 25.8 Å². The summed E-state index contributed by atoms with van der Waals surface area (Å²) in [5.41, 5.74) is -0.966. The number of carbonyl (C=O) groups is 1. The van der Waals surface area contributed by atoms with Gasteiger partial charge in [0.05, 0.1) is 34.0 Å².